The summed E-state index contributed by atoms with van der Waals surface area (Å²) in [7, 11) is 0. The van der Waals surface area contributed by atoms with Crippen molar-refractivity contribution in [3.05, 3.63) is 58.9 Å². The minimum absolute atomic E-state index is 0.0187. The summed E-state index contributed by atoms with van der Waals surface area (Å²) in [6, 6.07) is 8.35. The van der Waals surface area contributed by atoms with Gasteiger partial charge in [0.25, 0.3) is 0 Å². The molecule has 2 aliphatic rings. The summed E-state index contributed by atoms with van der Waals surface area (Å²) < 4.78 is 69.1. The Bertz CT molecular complexity index is 1500. The molecule has 0 bridgehead atoms. The molecule has 230 valence electrons. The third-order valence-corrected chi connectivity index (χ3v) is 8.12. The van der Waals surface area contributed by atoms with Crippen LogP contribution in [0.1, 0.15) is 37.9 Å². The van der Waals surface area contributed by atoms with E-state index < -0.39 is 36.0 Å². The summed E-state index contributed by atoms with van der Waals surface area (Å²) in [5.74, 6) is -2.02. The van der Waals surface area contributed by atoms with E-state index in [4.69, 9.17) is 26.8 Å². The fourth-order valence-corrected chi connectivity index (χ4v) is 5.88. The van der Waals surface area contributed by atoms with E-state index in [9.17, 15) is 27.5 Å². The van der Waals surface area contributed by atoms with Gasteiger partial charge in [0.15, 0.2) is 11.6 Å². The molecule has 0 amide bonds. The van der Waals surface area contributed by atoms with Crippen molar-refractivity contribution in [2.24, 2.45) is 5.41 Å². The van der Waals surface area contributed by atoms with Crippen molar-refractivity contribution in [3.63, 3.8) is 0 Å². The number of hydrogen-bond donors (Lipinski definition) is 3. The highest BCUT2D eigenvalue weighted by atomic mass is 35.5. The number of nitrogens with two attached hydrogens (primary N) is 1. The first kappa shape index (κ1) is 30.6. The van der Waals surface area contributed by atoms with Crippen LogP contribution in [0.5, 0.6) is 11.6 Å². The number of benzene rings is 2. The van der Waals surface area contributed by atoms with E-state index in [1.807, 2.05) is 4.90 Å². The number of anilines is 2. The smallest absolute Gasteiger partial charge is 0.429 e. The third-order valence-electron chi connectivity index (χ3n) is 7.89. The molecule has 2 saturated heterocycles. The lowest BCUT2D eigenvalue weighted by Gasteiger charge is -2.39. The monoisotopic (exact) mass is 623 g/mol. The predicted molar refractivity (Wildman–Crippen MR) is 152 cm³/mol. The highest BCUT2D eigenvalue weighted by Crippen LogP contribution is 2.44. The topological polar surface area (TPSA) is 123 Å². The first-order valence-electron chi connectivity index (χ1n) is 13.7. The summed E-state index contributed by atoms with van der Waals surface area (Å²) in [5, 5.41) is 12.5. The van der Waals surface area contributed by atoms with Crippen molar-refractivity contribution in [1.82, 2.24) is 15.3 Å². The van der Waals surface area contributed by atoms with Crippen LogP contribution in [-0.4, -0.2) is 59.5 Å². The number of hydrogen-bond acceptors (Lipinski definition) is 8. The molecule has 0 aliphatic carbocycles. The molecule has 3 aromatic rings. The number of carboxylic acid groups (broad SMARTS) is 1. The van der Waals surface area contributed by atoms with Gasteiger partial charge in [-0.2, -0.15) is 23.1 Å². The summed E-state index contributed by atoms with van der Waals surface area (Å²) in [4.78, 5) is 21.4. The van der Waals surface area contributed by atoms with Crippen molar-refractivity contribution in [3.8, 4) is 22.8 Å². The Morgan fingerprint density at radius 1 is 1.21 bits per heavy atom. The predicted octanol–water partition coefficient (Wildman–Crippen LogP) is 5.63. The number of aromatic nitrogens is 2. The van der Waals surface area contributed by atoms with Crippen LogP contribution in [-0.2, 0) is 4.79 Å². The average molecular weight is 624 g/mol. The van der Waals surface area contributed by atoms with E-state index in [1.165, 1.54) is 36.4 Å². The van der Waals surface area contributed by atoms with Crippen molar-refractivity contribution in [1.29, 1.82) is 0 Å². The second kappa shape index (κ2) is 12.0. The molecule has 4 N–H and O–H groups in total. The molecule has 0 saturated carbocycles. The minimum Gasteiger partial charge on any atom is -0.491 e. The molecule has 2 fully saturated rings. The number of aliphatic carboxylic acids is 1. The molecule has 2 atom stereocenters. The van der Waals surface area contributed by atoms with Gasteiger partial charge in [-0.25, -0.2) is 4.39 Å². The lowest BCUT2D eigenvalue weighted by Crippen LogP contribution is -2.41. The molecular weight excluding hydrogens is 594 g/mol. The fourth-order valence-electron chi connectivity index (χ4n) is 5.71. The van der Waals surface area contributed by atoms with Crippen LogP contribution in [0, 0.1) is 11.2 Å². The van der Waals surface area contributed by atoms with E-state index in [0.29, 0.717) is 44.7 Å². The van der Waals surface area contributed by atoms with E-state index in [1.54, 1.807) is 6.92 Å². The number of ether oxygens (including phenoxy) is 2. The molecular formula is C29H30ClF4N5O4. The largest absolute Gasteiger partial charge is 0.491 e. The van der Waals surface area contributed by atoms with Gasteiger partial charge in [0, 0.05) is 36.3 Å². The molecule has 2 aromatic carbocycles. The number of nitrogens with one attached hydrogen (secondary N) is 1. The Morgan fingerprint density at radius 2 is 1.95 bits per heavy atom. The Morgan fingerprint density at radius 3 is 2.58 bits per heavy atom. The van der Waals surface area contributed by atoms with Gasteiger partial charge in [-0.3, -0.25) is 4.79 Å². The lowest BCUT2D eigenvalue weighted by atomic mass is 9.76. The van der Waals surface area contributed by atoms with E-state index in [0.717, 1.165) is 6.07 Å². The van der Waals surface area contributed by atoms with Crippen LogP contribution in [0.2, 0.25) is 5.02 Å². The normalized spacial score (nSPS) is 18.9. The van der Waals surface area contributed by atoms with E-state index >= 15 is 0 Å². The Hall–Kier alpha value is -3.84. The van der Waals surface area contributed by atoms with Crippen LogP contribution in [0.4, 0.5) is 29.3 Å². The second-order valence-electron chi connectivity index (χ2n) is 10.7. The first-order chi connectivity index (χ1) is 20.4. The third kappa shape index (κ3) is 6.72. The summed E-state index contributed by atoms with van der Waals surface area (Å²) in [6.45, 7) is 3.47. The van der Waals surface area contributed by atoms with Gasteiger partial charge >= 0.3 is 12.1 Å². The number of rotatable bonds is 8. The quantitative estimate of drug-likeness (QED) is 0.274. The van der Waals surface area contributed by atoms with Crippen LogP contribution in [0.15, 0.2) is 42.5 Å². The number of nitrogens with zero attached hydrogens (tertiary/aromatic N) is 3. The van der Waals surface area contributed by atoms with Gasteiger partial charge < -0.3 is 30.5 Å². The maximum absolute atomic E-state index is 14.7. The standard InChI is InChI=1S/C29H30ClF4N5O4/c1-2-42-22-6-3-16(11-20(22)31)19-12-17(30)4-5-18(19)25(29(32,33)34)43-24-13-23(37-27(35)38-24)39-9-7-28(8-10-39)14-21(26(40)41)36-15-28/h3-6,11-13,21,25,36H,2,7-10,14-15H2,1H3,(H,40,41)(H2,35,37,38)/t21-,25?/m0/s1. The van der Waals surface area contributed by atoms with Crippen LogP contribution >= 0.6 is 11.6 Å². The van der Waals surface area contributed by atoms with E-state index in [-0.39, 0.29) is 45.4 Å². The number of piperidine rings is 1. The second-order valence-corrected chi connectivity index (χ2v) is 11.2. The van der Waals surface area contributed by atoms with Crippen molar-refractivity contribution >= 4 is 29.3 Å². The fraction of sp³-hybridized carbons (Fsp3) is 0.414. The van der Waals surface area contributed by atoms with Crippen LogP contribution in [0.25, 0.3) is 11.1 Å². The van der Waals surface area contributed by atoms with Gasteiger partial charge in [-0.15, -0.1) is 0 Å². The molecule has 3 heterocycles. The SMILES string of the molecule is CCOc1ccc(-c2cc(Cl)ccc2C(Oc2cc(N3CCC4(CC3)CN[C@H](C(=O)O)C4)nc(N)n2)C(F)(F)F)cc1F. The molecule has 2 aliphatic heterocycles. The van der Waals surface area contributed by atoms with Crippen LogP contribution in [0.3, 0.4) is 0 Å². The number of nitrogen functional groups attached to an aromatic ring is 1. The molecule has 43 heavy (non-hydrogen) atoms. The maximum Gasteiger partial charge on any atom is 0.429 e. The van der Waals surface area contributed by atoms with Gasteiger partial charge in [-0.05, 0) is 67.0 Å². The lowest BCUT2D eigenvalue weighted by molar-refractivity contribution is -0.198. The number of carboxylic acids is 1. The molecule has 9 nitrogen and oxygen atoms in total. The van der Waals surface area contributed by atoms with Crippen molar-refractivity contribution < 1.29 is 36.9 Å². The zero-order valence-electron chi connectivity index (χ0n) is 23.1. The highest BCUT2D eigenvalue weighted by molar-refractivity contribution is 6.30. The van der Waals surface area contributed by atoms with Gasteiger partial charge in [0.05, 0.1) is 6.61 Å². The molecule has 1 aromatic heterocycles. The molecule has 0 radical (unpaired) electrons. The summed E-state index contributed by atoms with van der Waals surface area (Å²) in [5.41, 5.74) is 5.58. The number of carbonyl (C=O) groups is 1. The van der Waals surface area contributed by atoms with Crippen molar-refractivity contribution in [2.75, 3.05) is 36.9 Å². The van der Waals surface area contributed by atoms with Gasteiger partial charge in [0.1, 0.15) is 11.9 Å². The summed E-state index contributed by atoms with van der Waals surface area (Å²) in [6.07, 6.45) is -5.56. The van der Waals surface area contributed by atoms with Gasteiger partial charge in [-0.1, -0.05) is 23.7 Å². The molecule has 1 unspecified atom stereocenters. The zero-order chi connectivity index (χ0) is 30.9. The zero-order valence-corrected chi connectivity index (χ0v) is 23.9. The van der Waals surface area contributed by atoms with Crippen molar-refractivity contribution in [2.45, 2.75) is 44.5 Å². The Balaban J connectivity index is 1.42. The van der Waals surface area contributed by atoms with Crippen LogP contribution < -0.4 is 25.4 Å². The first-order valence-corrected chi connectivity index (χ1v) is 14.1. The van der Waals surface area contributed by atoms with Gasteiger partial charge in [0.2, 0.25) is 17.9 Å². The molecule has 1 spiro atoms. The molecule has 5 rings (SSSR count). The van der Waals surface area contributed by atoms with E-state index in [2.05, 4.69) is 15.3 Å². The average Bonchev–Trinajstić information content (AvgIpc) is 3.36. The Kier molecular flexibility index (Phi) is 8.57. The number of halogens is 5. The highest BCUT2D eigenvalue weighted by Gasteiger charge is 2.46. The summed E-state index contributed by atoms with van der Waals surface area (Å²) >= 11 is 6.15. The minimum atomic E-state index is -4.90. The maximum atomic E-state index is 14.7. The number of alkyl halides is 3. The Labute approximate surface area is 250 Å². The molecule has 14 heteroatoms.